The van der Waals surface area contributed by atoms with Gasteiger partial charge in [0.25, 0.3) is 0 Å². The number of hydrogen-bond donors (Lipinski definition) is 3. The largest absolute Gasteiger partial charge is 0.480 e. The number of ether oxygens (including phenoxy) is 6. The Kier molecular flexibility index (Phi) is 11.5. The molecule has 2 amide bonds. The lowest BCUT2D eigenvalue weighted by atomic mass is 9.96. The minimum Gasteiger partial charge on any atom is -0.480 e. The summed E-state index contributed by atoms with van der Waals surface area (Å²) in [4.78, 5) is 72.6. The fraction of sp³-hybridized carbons (Fsp3) is 0.438. The number of fused-ring (bicyclic) bond motifs is 3. The van der Waals surface area contributed by atoms with Crippen molar-refractivity contribution in [3.8, 4) is 11.1 Å². The van der Waals surface area contributed by atoms with Crippen molar-refractivity contribution in [2.75, 3.05) is 19.8 Å². The standard InChI is InChI=1S/C32H36N2O13/c1-16(35)33-27-29(46-19(4)38)28(45-18(3)37)26(15-42-17(2)36)47-31(27)43-14-25(30(39)40)34-32(41)44-13-24-22-11-7-5-9-20(22)21-10-6-8-12-23(21)24/h5-12,24-29,31H,13-15H2,1-4H3,(H,33,35)(H,34,41)(H,39,40)/t25-,26-,27+,28-,29-,31-/m0/s1. The Bertz CT molecular complexity index is 1470. The first-order valence-electron chi connectivity index (χ1n) is 14.7. The molecule has 2 aliphatic rings. The van der Waals surface area contributed by atoms with Gasteiger partial charge in [-0.2, -0.15) is 0 Å². The molecule has 0 bridgehead atoms. The van der Waals surface area contributed by atoms with E-state index in [1.165, 1.54) is 0 Å². The average molecular weight is 657 g/mol. The summed E-state index contributed by atoms with van der Waals surface area (Å²) in [6.45, 7) is 3.23. The number of carboxylic acids is 1. The van der Waals surface area contributed by atoms with Gasteiger partial charge in [0.05, 0.1) is 6.61 Å². The SMILES string of the molecule is CC(=O)N[C@H]1[C@@H](OC[C@H](NC(=O)OCC2c3ccccc3-c3ccccc32)C(=O)O)O[C@@H](COC(C)=O)[C@H](OC(C)=O)[C@H]1OC(C)=O. The lowest BCUT2D eigenvalue weighted by molar-refractivity contribution is -0.278. The molecule has 0 unspecified atom stereocenters. The Labute approximate surface area is 269 Å². The molecule has 1 aliphatic heterocycles. The molecule has 0 saturated carbocycles. The van der Waals surface area contributed by atoms with E-state index in [0.717, 1.165) is 49.9 Å². The van der Waals surface area contributed by atoms with E-state index in [4.69, 9.17) is 28.4 Å². The maximum Gasteiger partial charge on any atom is 0.407 e. The molecule has 0 radical (unpaired) electrons. The van der Waals surface area contributed by atoms with E-state index >= 15 is 0 Å². The predicted molar refractivity (Wildman–Crippen MR) is 160 cm³/mol. The molecule has 15 nitrogen and oxygen atoms in total. The normalized spacial score (nSPS) is 22.1. The van der Waals surface area contributed by atoms with Crippen molar-refractivity contribution in [2.45, 2.75) is 70.3 Å². The summed E-state index contributed by atoms with van der Waals surface area (Å²) < 4.78 is 32.8. The van der Waals surface area contributed by atoms with Crippen molar-refractivity contribution in [2.24, 2.45) is 0 Å². The van der Waals surface area contributed by atoms with Crippen LogP contribution in [-0.4, -0.2) is 97.5 Å². The third-order valence-electron chi connectivity index (χ3n) is 7.43. The number of esters is 3. The first-order chi connectivity index (χ1) is 22.3. The van der Waals surface area contributed by atoms with Gasteiger partial charge in [0, 0.05) is 33.6 Å². The zero-order valence-corrected chi connectivity index (χ0v) is 26.1. The van der Waals surface area contributed by atoms with E-state index in [9.17, 15) is 33.9 Å². The second kappa shape index (κ2) is 15.5. The first kappa shape index (κ1) is 34.8. The molecule has 2 aromatic rings. The molecule has 15 heteroatoms. The van der Waals surface area contributed by atoms with Crippen molar-refractivity contribution < 1.29 is 62.3 Å². The van der Waals surface area contributed by atoms with Crippen LogP contribution in [0.3, 0.4) is 0 Å². The average Bonchev–Trinajstić information content (AvgIpc) is 3.32. The number of carbonyl (C=O) groups is 6. The summed E-state index contributed by atoms with van der Waals surface area (Å²) >= 11 is 0. The summed E-state index contributed by atoms with van der Waals surface area (Å²) in [6.07, 6.45) is -6.58. The molecule has 1 fully saturated rings. The minimum absolute atomic E-state index is 0.0666. The van der Waals surface area contributed by atoms with Gasteiger partial charge in [-0.15, -0.1) is 0 Å². The summed E-state index contributed by atoms with van der Waals surface area (Å²) in [7, 11) is 0. The number of carboxylic acid groups (broad SMARTS) is 1. The van der Waals surface area contributed by atoms with Crippen LogP contribution in [0.25, 0.3) is 11.1 Å². The van der Waals surface area contributed by atoms with Crippen LogP contribution in [0.2, 0.25) is 0 Å². The van der Waals surface area contributed by atoms with Crippen LogP contribution in [0.5, 0.6) is 0 Å². The molecule has 6 atom stereocenters. The second-order valence-corrected chi connectivity index (χ2v) is 10.9. The van der Waals surface area contributed by atoms with E-state index in [2.05, 4.69) is 10.6 Å². The van der Waals surface area contributed by atoms with Crippen LogP contribution < -0.4 is 10.6 Å². The van der Waals surface area contributed by atoms with Gasteiger partial charge >= 0.3 is 30.0 Å². The number of amides is 2. The molecule has 1 saturated heterocycles. The van der Waals surface area contributed by atoms with E-state index < -0.39 is 85.8 Å². The highest BCUT2D eigenvalue weighted by atomic mass is 16.7. The minimum atomic E-state index is -1.66. The van der Waals surface area contributed by atoms with Crippen molar-refractivity contribution in [3.05, 3.63) is 59.7 Å². The van der Waals surface area contributed by atoms with Crippen LogP contribution in [0.15, 0.2) is 48.5 Å². The monoisotopic (exact) mass is 656 g/mol. The summed E-state index contributed by atoms with van der Waals surface area (Å²) in [5.41, 5.74) is 3.97. The van der Waals surface area contributed by atoms with Gasteiger partial charge in [-0.25, -0.2) is 9.59 Å². The van der Waals surface area contributed by atoms with Crippen molar-refractivity contribution in [3.63, 3.8) is 0 Å². The molecule has 0 spiro atoms. The lowest BCUT2D eigenvalue weighted by Crippen LogP contribution is -2.67. The topological polar surface area (TPSA) is 202 Å². The predicted octanol–water partition coefficient (Wildman–Crippen LogP) is 1.65. The smallest absolute Gasteiger partial charge is 0.407 e. The zero-order chi connectivity index (χ0) is 34.2. The summed E-state index contributed by atoms with van der Waals surface area (Å²) in [5, 5.41) is 14.6. The lowest BCUT2D eigenvalue weighted by Gasteiger charge is -2.45. The Morgan fingerprint density at radius 1 is 0.787 bits per heavy atom. The maximum atomic E-state index is 12.8. The number of nitrogens with one attached hydrogen (secondary N) is 2. The Morgan fingerprint density at radius 2 is 1.36 bits per heavy atom. The second-order valence-electron chi connectivity index (χ2n) is 10.9. The quantitative estimate of drug-likeness (QED) is 0.220. The number of hydrogen-bond acceptors (Lipinski definition) is 12. The number of aliphatic carboxylic acids is 1. The van der Waals surface area contributed by atoms with Gasteiger partial charge < -0.3 is 44.2 Å². The highest BCUT2D eigenvalue weighted by Crippen LogP contribution is 2.44. The Morgan fingerprint density at radius 3 is 1.89 bits per heavy atom. The highest BCUT2D eigenvalue weighted by Gasteiger charge is 2.51. The maximum absolute atomic E-state index is 12.8. The number of rotatable bonds is 12. The molecule has 3 N–H and O–H groups in total. The molecular formula is C32H36N2O13. The van der Waals surface area contributed by atoms with Gasteiger partial charge in [0.1, 0.15) is 25.4 Å². The first-order valence-corrected chi connectivity index (χ1v) is 14.7. The molecule has 2 aromatic carbocycles. The summed E-state index contributed by atoms with van der Waals surface area (Å²) in [5.74, 6) is -4.65. The third kappa shape index (κ3) is 8.83. The van der Waals surface area contributed by atoms with Gasteiger partial charge in [0.15, 0.2) is 24.5 Å². The van der Waals surface area contributed by atoms with Crippen molar-refractivity contribution in [1.82, 2.24) is 10.6 Å². The number of carbonyl (C=O) groups excluding carboxylic acids is 5. The van der Waals surface area contributed by atoms with Crippen LogP contribution >= 0.6 is 0 Å². The fourth-order valence-corrected chi connectivity index (χ4v) is 5.58. The van der Waals surface area contributed by atoms with E-state index in [1.54, 1.807) is 0 Å². The molecule has 47 heavy (non-hydrogen) atoms. The fourth-order valence-electron chi connectivity index (χ4n) is 5.58. The van der Waals surface area contributed by atoms with Crippen LogP contribution in [-0.2, 0) is 52.4 Å². The summed E-state index contributed by atoms with van der Waals surface area (Å²) in [6, 6.07) is 12.5. The molecular weight excluding hydrogens is 620 g/mol. The molecule has 1 heterocycles. The number of benzene rings is 2. The van der Waals surface area contributed by atoms with E-state index in [0.29, 0.717) is 0 Å². The highest BCUT2D eigenvalue weighted by molar-refractivity contribution is 5.81. The van der Waals surface area contributed by atoms with E-state index in [-0.39, 0.29) is 12.5 Å². The van der Waals surface area contributed by atoms with Crippen LogP contribution in [0.4, 0.5) is 4.79 Å². The molecule has 1 aliphatic carbocycles. The third-order valence-corrected chi connectivity index (χ3v) is 7.43. The molecule has 252 valence electrons. The van der Waals surface area contributed by atoms with Gasteiger partial charge in [-0.1, -0.05) is 48.5 Å². The van der Waals surface area contributed by atoms with Crippen LogP contribution in [0.1, 0.15) is 44.7 Å². The van der Waals surface area contributed by atoms with Crippen LogP contribution in [0, 0.1) is 0 Å². The van der Waals surface area contributed by atoms with Gasteiger partial charge in [-0.3, -0.25) is 19.2 Å². The molecule has 0 aromatic heterocycles. The van der Waals surface area contributed by atoms with Crippen molar-refractivity contribution in [1.29, 1.82) is 0 Å². The Balaban J connectivity index is 1.48. The molecule has 4 rings (SSSR count). The van der Waals surface area contributed by atoms with Gasteiger partial charge in [-0.05, 0) is 22.3 Å². The Hall–Kier alpha value is -5.02. The zero-order valence-electron chi connectivity index (χ0n) is 26.1. The van der Waals surface area contributed by atoms with Gasteiger partial charge in [0.2, 0.25) is 5.91 Å². The van der Waals surface area contributed by atoms with Crippen molar-refractivity contribution >= 4 is 35.9 Å². The van der Waals surface area contributed by atoms with E-state index in [1.807, 2.05) is 48.5 Å². The number of alkyl carbamates (subject to hydrolysis) is 1.